The summed E-state index contributed by atoms with van der Waals surface area (Å²) in [5, 5.41) is 11.3. The van der Waals surface area contributed by atoms with Crippen molar-refractivity contribution in [2.75, 3.05) is 6.61 Å². The van der Waals surface area contributed by atoms with Crippen LogP contribution >= 0.6 is 0 Å². The average Bonchev–Trinajstić information content (AvgIpc) is 3.16. The van der Waals surface area contributed by atoms with E-state index in [4.69, 9.17) is 10.5 Å². The van der Waals surface area contributed by atoms with Gasteiger partial charge >= 0.3 is 0 Å². The van der Waals surface area contributed by atoms with Crippen molar-refractivity contribution in [3.63, 3.8) is 0 Å². The lowest BCUT2D eigenvalue weighted by atomic mass is 9.81. The monoisotopic (exact) mass is 450 g/mol. The Morgan fingerprint density at radius 1 is 1.24 bits per heavy atom. The third kappa shape index (κ3) is 4.19. The highest BCUT2D eigenvalue weighted by molar-refractivity contribution is 5.95. The maximum atomic E-state index is 13.5. The predicted octanol–water partition coefficient (Wildman–Crippen LogP) is 2.68. The molecule has 0 saturated carbocycles. The number of ether oxygens (including phenoxy) is 1. The van der Waals surface area contributed by atoms with E-state index >= 15 is 0 Å². The first kappa shape index (κ1) is 22.5. The molecule has 3 aromatic rings. The normalized spacial score (nSPS) is 18.8. The van der Waals surface area contributed by atoms with Crippen molar-refractivity contribution in [2.45, 2.75) is 37.7 Å². The molecule has 1 amide bonds. The van der Waals surface area contributed by atoms with Gasteiger partial charge in [-0.1, -0.05) is 0 Å². The summed E-state index contributed by atoms with van der Waals surface area (Å²) in [4.78, 5) is 37.0. The van der Waals surface area contributed by atoms with Crippen molar-refractivity contribution in [2.24, 2.45) is 5.73 Å². The molecule has 0 spiro atoms. The molecular formula is C24H23FN4O4. The fraction of sp³-hybridized carbons (Fsp3) is 0.292. The van der Waals surface area contributed by atoms with Gasteiger partial charge in [-0.05, 0) is 50.6 Å². The van der Waals surface area contributed by atoms with E-state index < -0.39 is 22.7 Å². The van der Waals surface area contributed by atoms with E-state index in [1.807, 2.05) is 0 Å². The van der Waals surface area contributed by atoms with Gasteiger partial charge in [-0.15, -0.1) is 0 Å². The Hall–Kier alpha value is -3.72. The Balaban J connectivity index is 1.74. The van der Waals surface area contributed by atoms with Gasteiger partial charge in [0.05, 0.1) is 11.3 Å². The van der Waals surface area contributed by atoms with E-state index in [0.29, 0.717) is 28.1 Å². The van der Waals surface area contributed by atoms with Gasteiger partial charge in [0.15, 0.2) is 5.78 Å². The fourth-order valence-corrected chi connectivity index (χ4v) is 3.74. The Bertz CT molecular complexity index is 1220. The Morgan fingerprint density at radius 2 is 1.91 bits per heavy atom. The Kier molecular flexibility index (Phi) is 5.67. The molecule has 0 aliphatic carbocycles. The minimum atomic E-state index is -1.52. The van der Waals surface area contributed by atoms with Crippen molar-refractivity contribution >= 4 is 11.7 Å². The number of pyridine rings is 1. The Labute approximate surface area is 189 Å². The van der Waals surface area contributed by atoms with E-state index in [1.54, 1.807) is 32.0 Å². The minimum Gasteiger partial charge on any atom is -0.489 e. The summed E-state index contributed by atoms with van der Waals surface area (Å²) in [5.41, 5.74) is 5.01. The van der Waals surface area contributed by atoms with Crippen LogP contribution in [0.2, 0.25) is 0 Å². The van der Waals surface area contributed by atoms with E-state index in [1.165, 1.54) is 30.9 Å². The van der Waals surface area contributed by atoms with Crippen LogP contribution in [0.5, 0.6) is 5.75 Å². The minimum absolute atomic E-state index is 0.0195. The van der Waals surface area contributed by atoms with Crippen molar-refractivity contribution in [1.82, 2.24) is 15.0 Å². The molecule has 170 valence electrons. The molecule has 0 saturated heterocycles. The molecule has 0 radical (unpaired) electrons. The number of benzene rings is 1. The molecule has 1 aromatic carbocycles. The summed E-state index contributed by atoms with van der Waals surface area (Å²) in [7, 11) is 0. The first-order valence-corrected chi connectivity index (χ1v) is 10.4. The van der Waals surface area contributed by atoms with E-state index in [0.717, 1.165) is 0 Å². The lowest BCUT2D eigenvalue weighted by Crippen LogP contribution is -2.40. The molecular weight excluding hydrogens is 427 g/mol. The van der Waals surface area contributed by atoms with Crippen LogP contribution in [0.25, 0.3) is 11.3 Å². The highest BCUT2D eigenvalue weighted by Gasteiger charge is 2.45. The summed E-state index contributed by atoms with van der Waals surface area (Å²) in [6, 6.07) is 7.25. The molecule has 0 bridgehead atoms. The molecule has 2 aromatic heterocycles. The zero-order chi connectivity index (χ0) is 23.8. The molecule has 1 aliphatic heterocycles. The number of primary amides is 1. The highest BCUT2D eigenvalue weighted by atomic mass is 19.1. The lowest BCUT2D eigenvalue weighted by molar-refractivity contribution is -0.123. The maximum absolute atomic E-state index is 13.5. The van der Waals surface area contributed by atoms with Crippen LogP contribution in [0.3, 0.4) is 0 Å². The SMILES string of the molecule is C[C@](O)(CCC(=O)c1cncnc1)c1cc2c(c(-c3ccc(F)cc3)n1)OC[C@]2(C)C(N)=O. The van der Waals surface area contributed by atoms with Crippen LogP contribution in [0.4, 0.5) is 4.39 Å². The number of hydrogen-bond donors (Lipinski definition) is 2. The third-order valence-electron chi connectivity index (χ3n) is 6.01. The summed E-state index contributed by atoms with van der Waals surface area (Å²) in [6.07, 6.45) is 4.24. The first-order chi connectivity index (χ1) is 15.6. The zero-order valence-corrected chi connectivity index (χ0v) is 18.2. The molecule has 2 atom stereocenters. The van der Waals surface area contributed by atoms with Crippen LogP contribution in [0.15, 0.2) is 49.1 Å². The molecule has 3 N–H and O–H groups in total. The number of rotatable bonds is 7. The molecule has 3 heterocycles. The number of aliphatic hydroxyl groups is 1. The van der Waals surface area contributed by atoms with E-state index in [2.05, 4.69) is 15.0 Å². The second-order valence-electron chi connectivity index (χ2n) is 8.55. The van der Waals surface area contributed by atoms with Crippen molar-refractivity contribution in [1.29, 1.82) is 0 Å². The standard InChI is InChI=1S/C24H23FN4O4/c1-23(22(26)31)12-33-21-17(23)9-19(29-20(21)14-3-5-16(25)6-4-14)24(2,32)8-7-18(30)15-10-27-13-28-11-15/h3-6,9-11,13,32H,7-8,12H2,1-2H3,(H2,26,31)/t23-,24-/m0/s1. The molecule has 8 nitrogen and oxygen atoms in total. The van der Waals surface area contributed by atoms with Gasteiger partial charge in [-0.3, -0.25) is 9.59 Å². The quantitative estimate of drug-likeness (QED) is 0.530. The average molecular weight is 450 g/mol. The number of nitrogens with zero attached hydrogens (tertiary/aromatic N) is 3. The number of aromatic nitrogens is 3. The highest BCUT2D eigenvalue weighted by Crippen LogP contribution is 2.45. The van der Waals surface area contributed by atoms with Gasteiger partial charge in [-0.2, -0.15) is 0 Å². The first-order valence-electron chi connectivity index (χ1n) is 10.4. The Morgan fingerprint density at radius 3 is 2.55 bits per heavy atom. The number of carbonyl (C=O) groups is 2. The maximum Gasteiger partial charge on any atom is 0.231 e. The summed E-state index contributed by atoms with van der Waals surface area (Å²) in [5.74, 6) is -0.853. The van der Waals surface area contributed by atoms with Gasteiger partial charge in [0.25, 0.3) is 0 Å². The molecule has 4 rings (SSSR count). The zero-order valence-electron chi connectivity index (χ0n) is 18.2. The fourth-order valence-electron chi connectivity index (χ4n) is 3.74. The van der Waals surface area contributed by atoms with Crippen molar-refractivity contribution in [3.05, 3.63) is 71.7 Å². The number of hydrogen-bond acceptors (Lipinski definition) is 7. The number of carbonyl (C=O) groups excluding carboxylic acids is 2. The van der Waals surface area contributed by atoms with Gasteiger partial charge in [0.2, 0.25) is 5.91 Å². The van der Waals surface area contributed by atoms with Crippen LogP contribution in [0, 0.1) is 5.82 Å². The smallest absolute Gasteiger partial charge is 0.231 e. The summed E-state index contributed by atoms with van der Waals surface area (Å²) >= 11 is 0. The number of fused-ring (bicyclic) bond motifs is 1. The van der Waals surface area contributed by atoms with Crippen LogP contribution in [0.1, 0.15) is 48.3 Å². The van der Waals surface area contributed by atoms with Crippen LogP contribution in [-0.2, 0) is 15.8 Å². The molecule has 1 aliphatic rings. The number of amides is 1. The molecule has 9 heteroatoms. The van der Waals surface area contributed by atoms with Gasteiger partial charge in [0.1, 0.15) is 41.2 Å². The lowest BCUT2D eigenvalue weighted by Gasteiger charge is -2.26. The molecule has 0 unspecified atom stereocenters. The summed E-state index contributed by atoms with van der Waals surface area (Å²) < 4.78 is 19.3. The van der Waals surface area contributed by atoms with Crippen LogP contribution < -0.4 is 10.5 Å². The number of Topliss-reactive ketones (excluding diaryl/α,β-unsaturated/α-hetero) is 1. The largest absolute Gasteiger partial charge is 0.489 e. The topological polar surface area (TPSA) is 128 Å². The van der Waals surface area contributed by atoms with Crippen molar-refractivity contribution in [3.8, 4) is 17.0 Å². The number of halogens is 1. The second kappa shape index (κ2) is 8.32. The predicted molar refractivity (Wildman–Crippen MR) is 117 cm³/mol. The van der Waals surface area contributed by atoms with Gasteiger partial charge in [-0.25, -0.2) is 19.3 Å². The summed E-state index contributed by atoms with van der Waals surface area (Å²) in [6.45, 7) is 3.22. The van der Waals surface area contributed by atoms with Crippen molar-refractivity contribution < 1.29 is 23.8 Å². The number of nitrogens with two attached hydrogens (primary N) is 1. The van der Waals surface area contributed by atoms with E-state index in [9.17, 15) is 19.1 Å². The molecule has 0 fully saturated rings. The van der Waals surface area contributed by atoms with Crippen LogP contribution in [-0.4, -0.2) is 38.4 Å². The number of ketones is 1. The van der Waals surface area contributed by atoms with Gasteiger partial charge in [0, 0.05) is 29.9 Å². The van der Waals surface area contributed by atoms with Gasteiger partial charge < -0.3 is 15.6 Å². The third-order valence-corrected chi connectivity index (χ3v) is 6.01. The molecule has 33 heavy (non-hydrogen) atoms. The second-order valence-corrected chi connectivity index (χ2v) is 8.55. The van der Waals surface area contributed by atoms with E-state index in [-0.39, 0.29) is 30.9 Å².